The molecule has 0 radical (unpaired) electrons. The highest BCUT2D eigenvalue weighted by Gasteiger charge is 2.48. The van der Waals surface area contributed by atoms with E-state index in [-0.39, 0.29) is 29.6 Å². The van der Waals surface area contributed by atoms with Crippen LogP contribution in [-0.4, -0.2) is 17.7 Å². The first-order chi connectivity index (χ1) is 16.5. The Kier molecular flexibility index (Phi) is 5.72. The second kappa shape index (κ2) is 8.98. The minimum absolute atomic E-state index is 0.155. The molecule has 0 unspecified atom stereocenters. The Balaban J connectivity index is 1.24. The van der Waals surface area contributed by atoms with Crippen LogP contribution < -0.4 is 15.0 Å². The molecule has 3 amide bonds. The van der Waals surface area contributed by atoms with E-state index in [4.69, 9.17) is 4.74 Å². The van der Waals surface area contributed by atoms with Crippen molar-refractivity contribution in [1.82, 2.24) is 0 Å². The third-order valence-electron chi connectivity index (χ3n) is 6.30. The molecule has 3 aromatic carbocycles. The van der Waals surface area contributed by atoms with E-state index in [1.165, 1.54) is 4.90 Å². The fourth-order valence-corrected chi connectivity index (χ4v) is 4.49. The SMILES string of the molecule is CC1=CC[C@@H]2C(=O)N(c3ccc(C(=O)Nc4ccc(Oc5ccccc5)cc4)cc3)C(=O)[C@H]2C1. The van der Waals surface area contributed by atoms with E-state index >= 15 is 0 Å². The topological polar surface area (TPSA) is 75.7 Å². The number of carbonyl (C=O) groups is 3. The number of hydrogen-bond acceptors (Lipinski definition) is 4. The van der Waals surface area contributed by atoms with Gasteiger partial charge in [0.15, 0.2) is 0 Å². The van der Waals surface area contributed by atoms with Crippen LogP contribution in [0.2, 0.25) is 0 Å². The van der Waals surface area contributed by atoms with Crippen molar-refractivity contribution in [2.75, 3.05) is 10.2 Å². The Labute approximate surface area is 197 Å². The summed E-state index contributed by atoms with van der Waals surface area (Å²) in [6, 6.07) is 23.1. The number of imide groups is 1. The van der Waals surface area contributed by atoms with E-state index < -0.39 is 0 Å². The van der Waals surface area contributed by atoms with Gasteiger partial charge in [0.2, 0.25) is 11.8 Å². The first-order valence-electron chi connectivity index (χ1n) is 11.3. The normalized spacial score (nSPS) is 19.4. The van der Waals surface area contributed by atoms with Crippen molar-refractivity contribution in [3.63, 3.8) is 0 Å². The van der Waals surface area contributed by atoms with Crippen LogP contribution in [0, 0.1) is 11.8 Å². The zero-order chi connectivity index (χ0) is 23.7. The highest BCUT2D eigenvalue weighted by Crippen LogP contribution is 2.39. The summed E-state index contributed by atoms with van der Waals surface area (Å²) in [5, 5.41) is 2.85. The molecular weight excluding hydrogens is 428 g/mol. The monoisotopic (exact) mass is 452 g/mol. The van der Waals surface area contributed by atoms with Crippen LogP contribution >= 0.6 is 0 Å². The van der Waals surface area contributed by atoms with Gasteiger partial charge in [0, 0.05) is 11.3 Å². The van der Waals surface area contributed by atoms with Crippen LogP contribution in [0.1, 0.15) is 30.1 Å². The molecular formula is C28H24N2O4. The van der Waals surface area contributed by atoms with Crippen molar-refractivity contribution >= 4 is 29.1 Å². The number of nitrogens with zero attached hydrogens (tertiary/aromatic N) is 1. The van der Waals surface area contributed by atoms with E-state index in [2.05, 4.69) is 5.32 Å². The van der Waals surface area contributed by atoms with Gasteiger partial charge in [0.25, 0.3) is 5.91 Å². The molecule has 2 aliphatic rings. The number of anilines is 2. The van der Waals surface area contributed by atoms with Gasteiger partial charge in [-0.05, 0) is 80.4 Å². The summed E-state index contributed by atoms with van der Waals surface area (Å²) in [4.78, 5) is 39.7. The van der Waals surface area contributed by atoms with E-state index in [0.29, 0.717) is 35.5 Å². The lowest BCUT2D eigenvalue weighted by Crippen LogP contribution is -2.30. The van der Waals surface area contributed by atoms with Gasteiger partial charge in [-0.15, -0.1) is 0 Å². The van der Waals surface area contributed by atoms with Crippen molar-refractivity contribution in [1.29, 1.82) is 0 Å². The van der Waals surface area contributed by atoms with Crippen LogP contribution in [0.15, 0.2) is 90.5 Å². The van der Waals surface area contributed by atoms with Crippen LogP contribution in [0.25, 0.3) is 0 Å². The molecule has 34 heavy (non-hydrogen) atoms. The van der Waals surface area contributed by atoms with Gasteiger partial charge in [0.05, 0.1) is 17.5 Å². The van der Waals surface area contributed by atoms with Gasteiger partial charge in [-0.2, -0.15) is 0 Å². The summed E-state index contributed by atoms with van der Waals surface area (Å²) < 4.78 is 5.77. The highest BCUT2D eigenvalue weighted by atomic mass is 16.5. The molecule has 0 bridgehead atoms. The van der Waals surface area contributed by atoms with Gasteiger partial charge >= 0.3 is 0 Å². The maximum absolute atomic E-state index is 12.9. The van der Waals surface area contributed by atoms with Gasteiger partial charge in [-0.1, -0.05) is 29.8 Å². The second-order valence-electron chi connectivity index (χ2n) is 8.66. The van der Waals surface area contributed by atoms with Crippen molar-refractivity contribution in [3.05, 3.63) is 96.1 Å². The van der Waals surface area contributed by atoms with Crippen molar-refractivity contribution in [2.24, 2.45) is 11.8 Å². The molecule has 170 valence electrons. The summed E-state index contributed by atoms with van der Waals surface area (Å²) in [6.07, 6.45) is 3.28. The van der Waals surface area contributed by atoms with Crippen LogP contribution in [0.3, 0.4) is 0 Å². The number of carbonyl (C=O) groups excluding carboxylic acids is 3. The molecule has 1 saturated heterocycles. The van der Waals surface area contributed by atoms with Gasteiger partial charge in [-0.3, -0.25) is 19.3 Å². The lowest BCUT2D eigenvalue weighted by molar-refractivity contribution is -0.122. The number of benzene rings is 3. The maximum atomic E-state index is 12.9. The second-order valence-corrected chi connectivity index (χ2v) is 8.66. The minimum atomic E-state index is -0.284. The standard InChI is InChI=1S/C28H24N2O4/c1-18-7-16-24-25(17-18)28(33)30(27(24)32)21-12-8-19(9-13-21)26(31)29-20-10-14-23(15-11-20)34-22-5-3-2-4-6-22/h2-15,24-25H,16-17H2,1H3,(H,29,31)/t24-,25-/m0/s1. The van der Waals surface area contributed by atoms with Gasteiger partial charge < -0.3 is 10.1 Å². The molecule has 6 heteroatoms. The molecule has 1 aliphatic heterocycles. The van der Waals surface area contributed by atoms with E-state index in [1.54, 1.807) is 48.5 Å². The number of para-hydroxylation sites is 1. The summed E-state index contributed by atoms with van der Waals surface area (Å²) in [5.41, 5.74) is 2.71. The van der Waals surface area contributed by atoms with Crippen LogP contribution in [0.5, 0.6) is 11.5 Å². The third kappa shape index (κ3) is 4.22. The Morgan fingerprint density at radius 1 is 0.853 bits per heavy atom. The van der Waals surface area contributed by atoms with Crippen molar-refractivity contribution in [3.8, 4) is 11.5 Å². The first-order valence-corrected chi connectivity index (χ1v) is 11.3. The number of rotatable bonds is 5. The molecule has 0 aromatic heterocycles. The van der Waals surface area contributed by atoms with Gasteiger partial charge in [-0.25, -0.2) is 0 Å². The fraction of sp³-hybridized carbons (Fsp3) is 0.179. The smallest absolute Gasteiger partial charge is 0.255 e. The Morgan fingerprint density at radius 2 is 1.50 bits per heavy atom. The lowest BCUT2D eigenvalue weighted by Gasteiger charge is -2.18. The van der Waals surface area contributed by atoms with E-state index in [1.807, 2.05) is 43.3 Å². The van der Waals surface area contributed by atoms with E-state index in [0.717, 1.165) is 11.3 Å². The van der Waals surface area contributed by atoms with Crippen LogP contribution in [-0.2, 0) is 9.59 Å². The summed E-state index contributed by atoms with van der Waals surface area (Å²) in [7, 11) is 0. The minimum Gasteiger partial charge on any atom is -0.457 e. The zero-order valence-electron chi connectivity index (χ0n) is 18.7. The summed E-state index contributed by atoms with van der Waals surface area (Å²) >= 11 is 0. The Hall–Kier alpha value is -4.19. The number of hydrogen-bond donors (Lipinski definition) is 1. The molecule has 0 saturated carbocycles. The first kappa shape index (κ1) is 21.6. The summed E-state index contributed by atoms with van der Waals surface area (Å²) in [5.74, 6) is 0.240. The quantitative estimate of drug-likeness (QED) is 0.405. The fourth-order valence-electron chi connectivity index (χ4n) is 4.49. The highest BCUT2D eigenvalue weighted by molar-refractivity contribution is 6.22. The van der Waals surface area contributed by atoms with Gasteiger partial charge in [0.1, 0.15) is 11.5 Å². The Morgan fingerprint density at radius 3 is 2.21 bits per heavy atom. The van der Waals surface area contributed by atoms with Crippen LogP contribution in [0.4, 0.5) is 11.4 Å². The molecule has 1 aliphatic carbocycles. The molecule has 0 spiro atoms. The molecule has 1 heterocycles. The summed E-state index contributed by atoms with van der Waals surface area (Å²) in [6.45, 7) is 1.99. The molecule has 2 atom stereocenters. The third-order valence-corrected chi connectivity index (χ3v) is 6.30. The largest absolute Gasteiger partial charge is 0.457 e. The predicted octanol–water partition coefficient (Wildman–Crippen LogP) is 5.58. The maximum Gasteiger partial charge on any atom is 0.255 e. The number of fused-ring (bicyclic) bond motifs is 1. The van der Waals surface area contributed by atoms with Crippen molar-refractivity contribution < 1.29 is 19.1 Å². The van der Waals surface area contributed by atoms with E-state index in [9.17, 15) is 14.4 Å². The molecule has 1 N–H and O–H groups in total. The average molecular weight is 453 g/mol. The number of ether oxygens (including phenoxy) is 1. The zero-order valence-corrected chi connectivity index (χ0v) is 18.7. The number of allylic oxidation sites excluding steroid dienone is 2. The number of nitrogens with one attached hydrogen (secondary N) is 1. The van der Waals surface area contributed by atoms with Crippen molar-refractivity contribution in [2.45, 2.75) is 19.8 Å². The molecule has 3 aromatic rings. The number of amides is 3. The molecule has 6 nitrogen and oxygen atoms in total. The lowest BCUT2D eigenvalue weighted by atomic mass is 9.82. The Bertz CT molecular complexity index is 1260. The molecule has 5 rings (SSSR count). The predicted molar refractivity (Wildman–Crippen MR) is 130 cm³/mol. The molecule has 1 fully saturated rings. The average Bonchev–Trinajstić information content (AvgIpc) is 3.10.